The van der Waals surface area contributed by atoms with Crippen molar-refractivity contribution in [3.63, 3.8) is 0 Å². The van der Waals surface area contributed by atoms with Crippen LogP contribution in [0.15, 0.2) is 24.3 Å². The average molecular weight is 273 g/mol. The number of nitrogens with one attached hydrogen (secondary N) is 1. The molecule has 1 aliphatic heterocycles. The van der Waals surface area contributed by atoms with Gasteiger partial charge in [-0.1, -0.05) is 18.2 Å². The van der Waals surface area contributed by atoms with E-state index < -0.39 is 12.0 Å². The maximum absolute atomic E-state index is 12.3. The van der Waals surface area contributed by atoms with Gasteiger partial charge in [-0.2, -0.15) is 5.10 Å². The molecule has 1 amide bonds. The van der Waals surface area contributed by atoms with Gasteiger partial charge >= 0.3 is 5.97 Å². The van der Waals surface area contributed by atoms with Crippen LogP contribution < -0.4 is 0 Å². The van der Waals surface area contributed by atoms with Crippen LogP contribution >= 0.6 is 0 Å². The monoisotopic (exact) mass is 273 g/mol. The lowest BCUT2D eigenvalue weighted by Crippen LogP contribution is -2.41. The second-order valence-corrected chi connectivity index (χ2v) is 4.98. The van der Waals surface area contributed by atoms with Crippen molar-refractivity contribution >= 4 is 22.8 Å². The van der Waals surface area contributed by atoms with Gasteiger partial charge in [-0.25, -0.2) is 4.79 Å². The number of aromatic amines is 1. The third kappa shape index (κ3) is 2.13. The van der Waals surface area contributed by atoms with Crippen LogP contribution in [-0.4, -0.2) is 44.7 Å². The Hall–Kier alpha value is -2.37. The molecule has 2 aromatic rings. The summed E-state index contributed by atoms with van der Waals surface area (Å²) in [6.07, 6.45) is 1.43. The summed E-state index contributed by atoms with van der Waals surface area (Å²) in [5.74, 6) is -1.09. The number of nitrogens with zero attached hydrogens (tertiary/aromatic N) is 2. The molecule has 104 valence electrons. The number of likely N-dealkylation sites (tertiary alicyclic amines) is 1. The highest BCUT2D eigenvalue weighted by molar-refractivity contribution is 5.89. The number of aliphatic carboxylic acids is 1. The minimum Gasteiger partial charge on any atom is -0.480 e. The number of hydrogen-bond acceptors (Lipinski definition) is 3. The number of fused-ring (bicyclic) bond motifs is 1. The van der Waals surface area contributed by atoms with Crippen molar-refractivity contribution in [1.29, 1.82) is 0 Å². The fourth-order valence-corrected chi connectivity index (χ4v) is 2.72. The van der Waals surface area contributed by atoms with E-state index >= 15 is 0 Å². The van der Waals surface area contributed by atoms with Gasteiger partial charge in [0.15, 0.2) is 0 Å². The number of aromatic nitrogens is 2. The third-order valence-electron chi connectivity index (χ3n) is 3.73. The molecule has 0 spiro atoms. The first-order valence-electron chi connectivity index (χ1n) is 6.61. The molecule has 20 heavy (non-hydrogen) atoms. The summed E-state index contributed by atoms with van der Waals surface area (Å²) in [6.45, 7) is 0.516. The number of rotatable bonds is 3. The Morgan fingerprint density at radius 1 is 1.40 bits per heavy atom. The lowest BCUT2D eigenvalue weighted by Gasteiger charge is -2.21. The summed E-state index contributed by atoms with van der Waals surface area (Å²) in [5.41, 5.74) is 1.55. The molecular weight excluding hydrogens is 258 g/mol. The number of benzene rings is 1. The van der Waals surface area contributed by atoms with E-state index in [1.807, 2.05) is 24.3 Å². The van der Waals surface area contributed by atoms with Crippen molar-refractivity contribution in [2.45, 2.75) is 25.3 Å². The van der Waals surface area contributed by atoms with E-state index in [4.69, 9.17) is 5.11 Å². The summed E-state index contributed by atoms with van der Waals surface area (Å²) in [5, 5.41) is 17.0. The molecule has 0 aliphatic carbocycles. The smallest absolute Gasteiger partial charge is 0.326 e. The summed E-state index contributed by atoms with van der Waals surface area (Å²) in [6, 6.07) is 6.87. The molecule has 1 fully saturated rings. The molecule has 1 atom stereocenters. The third-order valence-corrected chi connectivity index (χ3v) is 3.73. The van der Waals surface area contributed by atoms with Crippen LogP contribution in [0, 0.1) is 0 Å². The first-order valence-corrected chi connectivity index (χ1v) is 6.61. The van der Waals surface area contributed by atoms with Gasteiger partial charge in [0.05, 0.1) is 17.6 Å². The number of para-hydroxylation sites is 1. The van der Waals surface area contributed by atoms with Crippen LogP contribution in [0.25, 0.3) is 10.9 Å². The Balaban J connectivity index is 1.80. The zero-order valence-corrected chi connectivity index (χ0v) is 10.9. The molecule has 2 N–H and O–H groups in total. The Kier molecular flexibility index (Phi) is 3.14. The number of H-pyrrole nitrogens is 1. The molecular formula is C14H15N3O3. The Morgan fingerprint density at radius 2 is 2.20 bits per heavy atom. The Bertz CT molecular complexity index is 664. The maximum Gasteiger partial charge on any atom is 0.326 e. The molecule has 0 saturated carbocycles. The predicted molar refractivity (Wildman–Crippen MR) is 72.2 cm³/mol. The highest BCUT2D eigenvalue weighted by Gasteiger charge is 2.34. The number of carbonyl (C=O) groups excluding carboxylic acids is 1. The highest BCUT2D eigenvalue weighted by atomic mass is 16.4. The molecule has 1 aromatic heterocycles. The van der Waals surface area contributed by atoms with Gasteiger partial charge in [0.2, 0.25) is 5.91 Å². The molecule has 1 aromatic carbocycles. The quantitative estimate of drug-likeness (QED) is 0.879. The molecule has 2 heterocycles. The Labute approximate surface area is 115 Å². The molecule has 1 aliphatic rings. The fraction of sp³-hybridized carbons (Fsp3) is 0.357. The first-order chi connectivity index (χ1) is 9.66. The van der Waals surface area contributed by atoms with Gasteiger partial charge in [0, 0.05) is 11.9 Å². The summed E-state index contributed by atoms with van der Waals surface area (Å²) in [7, 11) is 0. The topological polar surface area (TPSA) is 86.3 Å². The highest BCUT2D eigenvalue weighted by Crippen LogP contribution is 2.21. The van der Waals surface area contributed by atoms with Crippen molar-refractivity contribution in [2.75, 3.05) is 6.54 Å². The molecule has 0 bridgehead atoms. The number of carboxylic acid groups (broad SMARTS) is 1. The van der Waals surface area contributed by atoms with E-state index in [2.05, 4.69) is 10.2 Å². The van der Waals surface area contributed by atoms with Crippen LogP contribution in [0.1, 0.15) is 18.5 Å². The van der Waals surface area contributed by atoms with Gasteiger partial charge in [0.1, 0.15) is 6.04 Å². The van der Waals surface area contributed by atoms with Crippen LogP contribution in [0.3, 0.4) is 0 Å². The molecule has 6 heteroatoms. The first kappa shape index (κ1) is 12.7. The van der Waals surface area contributed by atoms with Crippen LogP contribution in [-0.2, 0) is 16.0 Å². The summed E-state index contributed by atoms with van der Waals surface area (Å²) < 4.78 is 0. The second kappa shape index (κ2) is 4.96. The van der Waals surface area contributed by atoms with E-state index in [1.54, 1.807) is 0 Å². The zero-order valence-electron chi connectivity index (χ0n) is 10.9. The Morgan fingerprint density at radius 3 is 3.00 bits per heavy atom. The number of amides is 1. The minimum atomic E-state index is -0.926. The molecule has 6 nitrogen and oxygen atoms in total. The van der Waals surface area contributed by atoms with Gasteiger partial charge in [-0.3, -0.25) is 9.89 Å². The van der Waals surface area contributed by atoms with Crippen molar-refractivity contribution in [3.05, 3.63) is 30.0 Å². The van der Waals surface area contributed by atoms with Crippen molar-refractivity contribution in [3.8, 4) is 0 Å². The summed E-state index contributed by atoms with van der Waals surface area (Å²) in [4.78, 5) is 24.9. The number of carboxylic acids is 1. The largest absolute Gasteiger partial charge is 0.480 e. The van der Waals surface area contributed by atoms with E-state index in [0.717, 1.165) is 23.0 Å². The van der Waals surface area contributed by atoms with Gasteiger partial charge in [0.25, 0.3) is 0 Å². The van der Waals surface area contributed by atoms with E-state index in [1.165, 1.54) is 4.90 Å². The minimum absolute atomic E-state index is 0.157. The molecule has 0 radical (unpaired) electrons. The van der Waals surface area contributed by atoms with E-state index in [0.29, 0.717) is 13.0 Å². The lowest BCUT2D eigenvalue weighted by atomic mass is 10.1. The second-order valence-electron chi connectivity index (χ2n) is 4.98. The zero-order chi connectivity index (χ0) is 14.1. The average Bonchev–Trinajstić information content (AvgIpc) is 3.06. The van der Waals surface area contributed by atoms with Crippen molar-refractivity contribution < 1.29 is 14.7 Å². The van der Waals surface area contributed by atoms with Crippen molar-refractivity contribution in [2.24, 2.45) is 0 Å². The maximum atomic E-state index is 12.3. The van der Waals surface area contributed by atoms with E-state index in [9.17, 15) is 9.59 Å². The van der Waals surface area contributed by atoms with Crippen LogP contribution in [0.4, 0.5) is 0 Å². The fourth-order valence-electron chi connectivity index (χ4n) is 2.72. The van der Waals surface area contributed by atoms with Crippen LogP contribution in [0.2, 0.25) is 0 Å². The molecule has 0 unspecified atom stereocenters. The SMILES string of the molecule is O=C(O)[C@@H]1CCCN1C(=O)Cc1[nH]nc2ccccc12. The standard InChI is InChI=1S/C14H15N3O3/c18-13(17-7-3-6-12(17)14(19)20)8-11-9-4-1-2-5-10(9)15-16-11/h1-2,4-5,12H,3,6-8H2,(H,15,16)(H,19,20)/t12-/m0/s1. The van der Waals surface area contributed by atoms with Gasteiger partial charge in [-0.05, 0) is 18.9 Å². The van der Waals surface area contributed by atoms with Gasteiger partial charge < -0.3 is 10.0 Å². The predicted octanol–water partition coefficient (Wildman–Crippen LogP) is 1.18. The number of hydrogen-bond donors (Lipinski definition) is 2. The number of carbonyl (C=O) groups is 2. The normalized spacial score (nSPS) is 18.6. The van der Waals surface area contributed by atoms with Crippen LogP contribution in [0.5, 0.6) is 0 Å². The van der Waals surface area contributed by atoms with Crippen molar-refractivity contribution in [1.82, 2.24) is 15.1 Å². The lowest BCUT2D eigenvalue weighted by molar-refractivity contribution is -0.148. The molecule has 1 saturated heterocycles. The molecule has 3 rings (SSSR count). The summed E-state index contributed by atoms with van der Waals surface area (Å²) >= 11 is 0. The van der Waals surface area contributed by atoms with E-state index in [-0.39, 0.29) is 12.3 Å². The van der Waals surface area contributed by atoms with Gasteiger partial charge in [-0.15, -0.1) is 0 Å².